The van der Waals surface area contributed by atoms with E-state index in [4.69, 9.17) is 25.6 Å². The van der Waals surface area contributed by atoms with E-state index in [1.807, 2.05) is 52.0 Å². The van der Waals surface area contributed by atoms with Crippen LogP contribution in [-0.4, -0.2) is 24.9 Å². The summed E-state index contributed by atoms with van der Waals surface area (Å²) in [6.45, 7) is 8.65. The van der Waals surface area contributed by atoms with Crippen molar-refractivity contribution < 1.29 is 14.0 Å². The van der Waals surface area contributed by atoms with Crippen LogP contribution >= 0.6 is 11.6 Å². The number of ether oxygens (including phenoxy) is 1. The second kappa shape index (κ2) is 4.52. The van der Waals surface area contributed by atoms with Gasteiger partial charge in [-0.05, 0) is 51.4 Å². The van der Waals surface area contributed by atoms with Crippen LogP contribution in [0.5, 0.6) is 5.75 Å². The molecule has 1 aromatic carbocycles. The van der Waals surface area contributed by atoms with Gasteiger partial charge in [0.1, 0.15) is 12.4 Å². The molecule has 106 valence electrons. The number of hydrogen-bond acceptors (Lipinski definition) is 3. The van der Waals surface area contributed by atoms with E-state index in [1.54, 1.807) is 0 Å². The van der Waals surface area contributed by atoms with Crippen molar-refractivity contribution in [1.82, 2.24) is 0 Å². The van der Waals surface area contributed by atoms with Gasteiger partial charge in [0.2, 0.25) is 0 Å². The average Bonchev–Trinajstić information content (AvgIpc) is 2.57. The number of fused-ring (bicyclic) bond motifs is 1. The summed E-state index contributed by atoms with van der Waals surface area (Å²) < 4.78 is 17.8. The van der Waals surface area contributed by atoms with E-state index in [0.29, 0.717) is 11.6 Å². The van der Waals surface area contributed by atoms with Gasteiger partial charge in [-0.1, -0.05) is 17.7 Å². The topological polar surface area (TPSA) is 27.7 Å². The van der Waals surface area contributed by atoms with Crippen molar-refractivity contribution in [2.45, 2.75) is 38.9 Å². The normalized spacial score (nSPS) is 23.1. The fourth-order valence-corrected chi connectivity index (χ4v) is 2.48. The van der Waals surface area contributed by atoms with Gasteiger partial charge in [0.25, 0.3) is 0 Å². The molecule has 20 heavy (non-hydrogen) atoms. The Kier molecular flexibility index (Phi) is 3.16. The van der Waals surface area contributed by atoms with Crippen molar-refractivity contribution in [3.05, 3.63) is 34.3 Å². The molecular weight excluding hydrogens is 274 g/mol. The molecule has 0 bridgehead atoms. The highest BCUT2D eigenvalue weighted by atomic mass is 35.5. The molecular formula is C15H18BClO3. The van der Waals surface area contributed by atoms with E-state index in [0.717, 1.165) is 16.8 Å². The monoisotopic (exact) mass is 292 g/mol. The Hall–Kier alpha value is -0.965. The van der Waals surface area contributed by atoms with E-state index in [2.05, 4.69) is 0 Å². The van der Waals surface area contributed by atoms with Gasteiger partial charge in [0.15, 0.2) is 0 Å². The molecule has 0 aliphatic carbocycles. The van der Waals surface area contributed by atoms with Gasteiger partial charge >= 0.3 is 7.12 Å². The number of rotatable bonds is 1. The van der Waals surface area contributed by atoms with Crippen LogP contribution in [0.2, 0.25) is 5.02 Å². The molecule has 0 unspecified atom stereocenters. The molecule has 0 radical (unpaired) electrons. The molecule has 5 heteroatoms. The fraction of sp³-hybridized carbons (Fsp3) is 0.467. The minimum Gasteiger partial charge on any atom is -0.489 e. The molecule has 1 fully saturated rings. The average molecular weight is 293 g/mol. The summed E-state index contributed by atoms with van der Waals surface area (Å²) in [5, 5.41) is 0.693. The molecule has 0 spiro atoms. The third kappa shape index (κ3) is 2.26. The maximum atomic E-state index is 6.05. The van der Waals surface area contributed by atoms with Gasteiger partial charge in [-0.3, -0.25) is 0 Å². The maximum Gasteiger partial charge on any atom is 0.494 e. The van der Waals surface area contributed by atoms with Crippen LogP contribution in [0, 0.1) is 0 Å². The second-order valence-corrected chi connectivity index (χ2v) is 6.71. The maximum absolute atomic E-state index is 6.05. The first-order chi connectivity index (χ1) is 9.28. The van der Waals surface area contributed by atoms with Gasteiger partial charge in [-0.15, -0.1) is 0 Å². The second-order valence-electron chi connectivity index (χ2n) is 6.28. The summed E-state index contributed by atoms with van der Waals surface area (Å²) in [6, 6.07) is 5.60. The molecule has 1 aromatic rings. The van der Waals surface area contributed by atoms with Crippen molar-refractivity contribution in [1.29, 1.82) is 0 Å². The van der Waals surface area contributed by atoms with E-state index in [1.165, 1.54) is 0 Å². The number of hydrogen-bond donors (Lipinski definition) is 0. The summed E-state index contributed by atoms with van der Waals surface area (Å²) in [7, 11) is -0.368. The highest BCUT2D eigenvalue weighted by Gasteiger charge is 2.52. The zero-order valence-electron chi connectivity index (χ0n) is 12.2. The molecule has 3 nitrogen and oxygen atoms in total. The number of benzene rings is 1. The molecule has 0 N–H and O–H groups in total. The van der Waals surface area contributed by atoms with Crippen LogP contribution in [0.1, 0.15) is 33.3 Å². The first-order valence-electron chi connectivity index (χ1n) is 6.77. The summed E-state index contributed by atoms with van der Waals surface area (Å²) in [5.74, 6) is 0.842. The van der Waals surface area contributed by atoms with Crippen molar-refractivity contribution in [3.63, 3.8) is 0 Å². The molecule has 0 aromatic heterocycles. The minimum absolute atomic E-state index is 0.340. The first-order valence-corrected chi connectivity index (χ1v) is 7.15. The van der Waals surface area contributed by atoms with Gasteiger partial charge in [-0.2, -0.15) is 0 Å². The van der Waals surface area contributed by atoms with Crippen molar-refractivity contribution in [3.8, 4) is 5.75 Å². The lowest BCUT2D eigenvalue weighted by Crippen LogP contribution is -2.41. The summed E-state index contributed by atoms with van der Waals surface area (Å²) in [5.41, 5.74) is 1.27. The Labute approximate surface area is 125 Å². The Morgan fingerprint density at radius 1 is 1.10 bits per heavy atom. The third-order valence-electron chi connectivity index (χ3n) is 4.26. The molecule has 0 atom stereocenters. The molecule has 2 aliphatic heterocycles. The van der Waals surface area contributed by atoms with Crippen LogP contribution in [0.3, 0.4) is 0 Å². The van der Waals surface area contributed by atoms with Crippen LogP contribution in [0.15, 0.2) is 23.7 Å². The first kappa shape index (κ1) is 14.0. The molecule has 0 amide bonds. The van der Waals surface area contributed by atoms with Crippen molar-refractivity contribution in [2.75, 3.05) is 6.61 Å². The number of halogens is 1. The molecule has 2 heterocycles. The van der Waals surface area contributed by atoms with Gasteiger partial charge in [0, 0.05) is 10.6 Å². The van der Waals surface area contributed by atoms with Gasteiger partial charge in [-0.25, -0.2) is 0 Å². The zero-order chi connectivity index (χ0) is 14.5. The van der Waals surface area contributed by atoms with E-state index < -0.39 is 0 Å². The van der Waals surface area contributed by atoms with Gasteiger partial charge < -0.3 is 14.0 Å². The van der Waals surface area contributed by atoms with Crippen LogP contribution in [0.25, 0.3) is 6.08 Å². The van der Waals surface area contributed by atoms with Crippen molar-refractivity contribution in [2.24, 2.45) is 0 Å². The third-order valence-corrected chi connectivity index (χ3v) is 4.50. The van der Waals surface area contributed by atoms with E-state index >= 15 is 0 Å². The van der Waals surface area contributed by atoms with E-state index in [9.17, 15) is 0 Å². The van der Waals surface area contributed by atoms with Crippen LogP contribution in [0.4, 0.5) is 0 Å². The molecule has 2 aliphatic rings. The lowest BCUT2D eigenvalue weighted by Gasteiger charge is -2.32. The quantitative estimate of drug-likeness (QED) is 0.738. The summed E-state index contributed by atoms with van der Waals surface area (Å²) in [4.78, 5) is 0. The Balaban J connectivity index is 1.90. The Morgan fingerprint density at radius 2 is 1.75 bits per heavy atom. The largest absolute Gasteiger partial charge is 0.494 e. The van der Waals surface area contributed by atoms with Crippen molar-refractivity contribution >= 4 is 24.8 Å². The fourth-order valence-electron chi connectivity index (χ4n) is 2.30. The van der Waals surface area contributed by atoms with Crippen LogP contribution in [-0.2, 0) is 9.31 Å². The Bertz CT molecular complexity index is 564. The van der Waals surface area contributed by atoms with Crippen LogP contribution < -0.4 is 4.74 Å². The van der Waals surface area contributed by atoms with E-state index in [-0.39, 0.29) is 18.3 Å². The van der Waals surface area contributed by atoms with Gasteiger partial charge in [0.05, 0.1) is 11.2 Å². The molecule has 3 rings (SSSR count). The molecule has 0 saturated carbocycles. The SMILES string of the molecule is CC1(C)OB(C2=Cc3cc(Cl)ccc3OC2)OC1(C)C. The highest BCUT2D eigenvalue weighted by molar-refractivity contribution is 6.56. The Morgan fingerprint density at radius 3 is 2.40 bits per heavy atom. The summed E-state index contributed by atoms with van der Waals surface area (Å²) in [6.07, 6.45) is 2.05. The summed E-state index contributed by atoms with van der Waals surface area (Å²) >= 11 is 6.03. The highest BCUT2D eigenvalue weighted by Crippen LogP contribution is 2.40. The lowest BCUT2D eigenvalue weighted by atomic mass is 9.77. The lowest BCUT2D eigenvalue weighted by molar-refractivity contribution is 0.00578. The zero-order valence-corrected chi connectivity index (χ0v) is 13.0. The smallest absolute Gasteiger partial charge is 0.489 e. The standard InChI is InChI=1S/C15H18BClO3/c1-14(2)15(3,4)20-16(19-14)11-7-10-8-12(17)5-6-13(10)18-9-11/h5-8H,9H2,1-4H3. The predicted octanol–water partition coefficient (Wildman–Crippen LogP) is 3.75. The predicted molar refractivity (Wildman–Crippen MR) is 81.0 cm³/mol. The molecule has 1 saturated heterocycles. The minimum atomic E-state index is -0.368.